The summed E-state index contributed by atoms with van der Waals surface area (Å²) in [5.41, 5.74) is 1.54. The van der Waals surface area contributed by atoms with E-state index < -0.39 is 5.75 Å². The molecular formula is C19H15NO5. The highest BCUT2D eigenvalue weighted by Crippen LogP contribution is 2.33. The summed E-state index contributed by atoms with van der Waals surface area (Å²) in [5, 5.41) is 39.2. The number of carbonyl (C=O) groups is 1. The van der Waals surface area contributed by atoms with Crippen LogP contribution in [-0.4, -0.2) is 31.2 Å². The Bertz CT molecular complexity index is 1020. The van der Waals surface area contributed by atoms with Crippen molar-refractivity contribution in [1.82, 2.24) is 4.98 Å². The van der Waals surface area contributed by atoms with Gasteiger partial charge in [-0.3, -0.25) is 4.79 Å². The van der Waals surface area contributed by atoms with Gasteiger partial charge < -0.3 is 20.4 Å². The Morgan fingerprint density at radius 3 is 2.32 bits per heavy atom. The van der Waals surface area contributed by atoms with Gasteiger partial charge in [0.15, 0.2) is 17.3 Å². The molecule has 0 aliphatic carbocycles. The summed E-state index contributed by atoms with van der Waals surface area (Å²) in [5.74, 6) is -1.14. The van der Waals surface area contributed by atoms with E-state index in [4.69, 9.17) is 0 Å². The number of phenolic OH excluding ortho intramolecular Hbond substituents is 4. The van der Waals surface area contributed by atoms with Crippen molar-refractivity contribution >= 4 is 28.8 Å². The van der Waals surface area contributed by atoms with E-state index in [2.05, 4.69) is 4.98 Å². The molecule has 25 heavy (non-hydrogen) atoms. The molecule has 6 heteroatoms. The average molecular weight is 337 g/mol. The first-order valence-electron chi connectivity index (χ1n) is 7.43. The lowest BCUT2D eigenvalue weighted by Crippen LogP contribution is -1.95. The number of benzene rings is 2. The Morgan fingerprint density at radius 1 is 0.880 bits per heavy atom. The summed E-state index contributed by atoms with van der Waals surface area (Å²) < 4.78 is 0. The second-order valence-corrected chi connectivity index (χ2v) is 5.55. The van der Waals surface area contributed by atoms with Crippen LogP contribution in [0.25, 0.3) is 23.1 Å². The fourth-order valence-electron chi connectivity index (χ4n) is 2.51. The van der Waals surface area contributed by atoms with Crippen LogP contribution in [0, 0.1) is 0 Å². The van der Waals surface area contributed by atoms with Crippen LogP contribution >= 0.6 is 0 Å². The molecule has 0 fully saturated rings. The molecule has 0 radical (unpaired) electrons. The molecule has 6 nitrogen and oxygen atoms in total. The van der Waals surface area contributed by atoms with Crippen LogP contribution < -0.4 is 0 Å². The number of hydrogen-bond donors (Lipinski definition) is 4. The van der Waals surface area contributed by atoms with E-state index >= 15 is 0 Å². The van der Waals surface area contributed by atoms with Crippen LogP contribution in [0.3, 0.4) is 0 Å². The predicted octanol–water partition coefficient (Wildman–Crippen LogP) is 3.43. The molecule has 0 saturated heterocycles. The van der Waals surface area contributed by atoms with E-state index in [0.717, 1.165) is 6.07 Å². The molecule has 0 bridgehead atoms. The summed E-state index contributed by atoms with van der Waals surface area (Å²) in [4.78, 5) is 16.0. The Balaban J connectivity index is 2.04. The maximum absolute atomic E-state index is 11.7. The second-order valence-electron chi connectivity index (χ2n) is 5.55. The largest absolute Gasteiger partial charge is 0.507 e. The predicted molar refractivity (Wildman–Crippen MR) is 93.8 cm³/mol. The summed E-state index contributed by atoms with van der Waals surface area (Å²) in [6.07, 6.45) is 3.08. The zero-order chi connectivity index (χ0) is 18.1. The van der Waals surface area contributed by atoms with Crippen LogP contribution in [0.4, 0.5) is 0 Å². The minimum atomic E-state index is -0.417. The van der Waals surface area contributed by atoms with Gasteiger partial charge >= 0.3 is 0 Å². The molecule has 0 atom stereocenters. The highest BCUT2D eigenvalue weighted by Gasteiger charge is 2.10. The van der Waals surface area contributed by atoms with Gasteiger partial charge in [0.25, 0.3) is 0 Å². The molecule has 0 saturated carbocycles. The van der Waals surface area contributed by atoms with Crippen LogP contribution in [-0.2, 0) is 0 Å². The summed E-state index contributed by atoms with van der Waals surface area (Å²) in [6, 6.07) is 8.58. The molecule has 0 spiro atoms. The molecule has 0 aliphatic rings. The summed E-state index contributed by atoms with van der Waals surface area (Å²) in [7, 11) is 0. The molecule has 3 aromatic rings. The smallest absolute Gasteiger partial charge is 0.161 e. The van der Waals surface area contributed by atoms with E-state index in [9.17, 15) is 25.2 Å². The standard InChI is InChI=1S/C19H15NO5/c1-10(21)13-6-7-15(22)19-14(13)5-4-12(20-19)3-2-11-8-17(24)18(25)9-16(11)23/h2-9,22-25H,1H3. The van der Waals surface area contributed by atoms with Crippen molar-refractivity contribution in [2.75, 3.05) is 0 Å². The van der Waals surface area contributed by atoms with E-state index in [1.54, 1.807) is 24.3 Å². The van der Waals surface area contributed by atoms with E-state index in [0.29, 0.717) is 27.7 Å². The number of pyridine rings is 1. The normalized spacial score (nSPS) is 11.2. The van der Waals surface area contributed by atoms with E-state index in [1.165, 1.54) is 25.1 Å². The SMILES string of the molecule is CC(=O)c1ccc(O)c2nc(C=Cc3cc(O)c(O)cc3O)ccc12. The summed E-state index contributed by atoms with van der Waals surface area (Å²) >= 11 is 0. The molecule has 2 aromatic carbocycles. The molecule has 4 N–H and O–H groups in total. The monoisotopic (exact) mass is 337 g/mol. The van der Waals surface area contributed by atoms with E-state index in [1.807, 2.05) is 0 Å². The molecule has 1 heterocycles. The van der Waals surface area contributed by atoms with Crippen molar-refractivity contribution in [2.45, 2.75) is 6.92 Å². The third-order valence-corrected chi connectivity index (χ3v) is 3.79. The molecule has 0 unspecified atom stereocenters. The number of ketones is 1. The second kappa shape index (κ2) is 6.16. The third-order valence-electron chi connectivity index (χ3n) is 3.79. The Morgan fingerprint density at radius 2 is 1.60 bits per heavy atom. The van der Waals surface area contributed by atoms with Gasteiger partial charge in [0.05, 0.1) is 5.69 Å². The van der Waals surface area contributed by atoms with E-state index in [-0.39, 0.29) is 23.0 Å². The number of phenols is 4. The number of rotatable bonds is 3. The number of hydrogen-bond acceptors (Lipinski definition) is 6. The molecule has 3 rings (SSSR count). The maximum atomic E-state index is 11.7. The zero-order valence-corrected chi connectivity index (χ0v) is 13.3. The lowest BCUT2D eigenvalue weighted by Gasteiger charge is -2.06. The van der Waals surface area contributed by atoms with Crippen LogP contribution in [0.1, 0.15) is 28.5 Å². The fraction of sp³-hybridized carbons (Fsp3) is 0.0526. The van der Waals surface area contributed by atoms with Crippen molar-refractivity contribution in [3.05, 3.63) is 53.2 Å². The minimum Gasteiger partial charge on any atom is -0.507 e. The Labute approximate surface area is 142 Å². The quantitative estimate of drug-likeness (QED) is 0.331. The van der Waals surface area contributed by atoms with Crippen LogP contribution in [0.2, 0.25) is 0 Å². The maximum Gasteiger partial charge on any atom is 0.161 e. The number of fused-ring (bicyclic) bond motifs is 1. The topological polar surface area (TPSA) is 111 Å². The first-order valence-corrected chi connectivity index (χ1v) is 7.43. The molecule has 0 aliphatic heterocycles. The van der Waals surface area contributed by atoms with Gasteiger partial charge in [0, 0.05) is 22.6 Å². The van der Waals surface area contributed by atoms with Gasteiger partial charge in [0.1, 0.15) is 17.0 Å². The highest BCUT2D eigenvalue weighted by atomic mass is 16.3. The third kappa shape index (κ3) is 3.10. The lowest BCUT2D eigenvalue weighted by molar-refractivity contribution is 0.101. The first kappa shape index (κ1) is 16.3. The zero-order valence-electron chi connectivity index (χ0n) is 13.3. The number of aromatic nitrogens is 1. The molecule has 0 amide bonds. The fourth-order valence-corrected chi connectivity index (χ4v) is 2.51. The molecular weight excluding hydrogens is 322 g/mol. The summed E-state index contributed by atoms with van der Waals surface area (Å²) in [6.45, 7) is 1.44. The number of carbonyl (C=O) groups excluding carboxylic acids is 1. The molecule has 126 valence electrons. The van der Waals surface area contributed by atoms with Crippen molar-refractivity contribution in [1.29, 1.82) is 0 Å². The Kier molecular flexibility index (Phi) is 4.02. The van der Waals surface area contributed by atoms with Crippen molar-refractivity contribution < 1.29 is 25.2 Å². The van der Waals surface area contributed by atoms with Gasteiger partial charge in [-0.1, -0.05) is 0 Å². The van der Waals surface area contributed by atoms with Gasteiger partial charge in [-0.25, -0.2) is 4.98 Å². The minimum absolute atomic E-state index is 0.0413. The van der Waals surface area contributed by atoms with Crippen molar-refractivity contribution in [2.24, 2.45) is 0 Å². The van der Waals surface area contributed by atoms with Gasteiger partial charge in [-0.2, -0.15) is 0 Å². The van der Waals surface area contributed by atoms with Crippen molar-refractivity contribution in [3.8, 4) is 23.0 Å². The number of aromatic hydroxyl groups is 4. The van der Waals surface area contributed by atoms with Gasteiger partial charge in [-0.05, 0) is 49.4 Å². The Hall–Kier alpha value is -3.54. The lowest BCUT2D eigenvalue weighted by atomic mass is 10.0. The van der Waals surface area contributed by atoms with Gasteiger partial charge in [0.2, 0.25) is 0 Å². The number of nitrogens with zero attached hydrogens (tertiary/aromatic N) is 1. The average Bonchev–Trinajstić information content (AvgIpc) is 2.57. The number of Topliss-reactive ketones (excluding diaryl/α,β-unsaturated/α-hetero) is 1. The van der Waals surface area contributed by atoms with Crippen molar-refractivity contribution in [3.63, 3.8) is 0 Å². The highest BCUT2D eigenvalue weighted by molar-refractivity contribution is 6.07. The van der Waals surface area contributed by atoms with Crippen LogP contribution in [0.5, 0.6) is 23.0 Å². The first-order chi connectivity index (χ1) is 11.9. The van der Waals surface area contributed by atoms with Gasteiger partial charge in [-0.15, -0.1) is 0 Å². The van der Waals surface area contributed by atoms with Crippen LogP contribution in [0.15, 0.2) is 36.4 Å². The molecule has 1 aromatic heterocycles.